The normalized spacial score (nSPS) is 17.4. The van der Waals surface area contributed by atoms with Crippen molar-refractivity contribution in [1.29, 1.82) is 0 Å². The molecular formula is C20H21ClN6O. The maximum atomic E-state index is 12.3. The number of nitrogens with zero attached hydrogens (tertiary/aromatic N) is 6. The highest BCUT2D eigenvalue weighted by Crippen LogP contribution is 2.32. The molecule has 0 bridgehead atoms. The summed E-state index contributed by atoms with van der Waals surface area (Å²) in [5.41, 5.74) is 1.63. The van der Waals surface area contributed by atoms with E-state index in [1.807, 2.05) is 42.3 Å². The first-order valence-corrected chi connectivity index (χ1v) is 10.00. The molecular weight excluding hydrogens is 376 g/mol. The van der Waals surface area contributed by atoms with Crippen molar-refractivity contribution < 1.29 is 4.79 Å². The maximum absolute atomic E-state index is 12.3. The summed E-state index contributed by atoms with van der Waals surface area (Å²) in [4.78, 5) is 25.9. The van der Waals surface area contributed by atoms with Crippen molar-refractivity contribution >= 4 is 34.4 Å². The number of hydrogen-bond donors (Lipinski definition) is 0. The number of aryl methyl sites for hydroxylation is 1. The third-order valence-corrected chi connectivity index (χ3v) is 5.63. The molecule has 28 heavy (non-hydrogen) atoms. The predicted octanol–water partition coefficient (Wildman–Crippen LogP) is 2.84. The molecule has 7 nitrogen and oxygen atoms in total. The topological polar surface area (TPSA) is 67.2 Å². The van der Waals surface area contributed by atoms with Crippen molar-refractivity contribution in [3.8, 4) is 5.69 Å². The molecule has 0 spiro atoms. The van der Waals surface area contributed by atoms with E-state index in [1.165, 1.54) is 0 Å². The molecule has 1 aromatic carbocycles. The van der Waals surface area contributed by atoms with Gasteiger partial charge in [-0.15, -0.1) is 0 Å². The fourth-order valence-corrected chi connectivity index (χ4v) is 3.95. The van der Waals surface area contributed by atoms with Crippen LogP contribution in [0.2, 0.25) is 5.02 Å². The zero-order valence-corrected chi connectivity index (χ0v) is 16.4. The smallest absolute Gasteiger partial charge is 0.225 e. The molecule has 2 aliphatic rings. The van der Waals surface area contributed by atoms with Crippen molar-refractivity contribution in [3.05, 3.63) is 41.3 Å². The zero-order valence-electron chi connectivity index (χ0n) is 15.7. The van der Waals surface area contributed by atoms with Crippen LogP contribution < -0.4 is 4.90 Å². The molecule has 0 radical (unpaired) electrons. The number of amides is 1. The number of benzene rings is 1. The van der Waals surface area contributed by atoms with E-state index in [-0.39, 0.29) is 5.92 Å². The average Bonchev–Trinajstić information content (AvgIpc) is 3.47. The number of rotatable bonds is 3. The third kappa shape index (κ3) is 3.09. The Morgan fingerprint density at radius 3 is 2.64 bits per heavy atom. The molecule has 1 aliphatic heterocycles. The second kappa shape index (κ2) is 6.74. The van der Waals surface area contributed by atoms with Crippen LogP contribution in [-0.2, 0) is 4.79 Å². The molecule has 0 unspecified atom stereocenters. The van der Waals surface area contributed by atoms with Crippen LogP contribution in [0.4, 0.5) is 5.82 Å². The van der Waals surface area contributed by atoms with Crippen LogP contribution in [0.25, 0.3) is 16.7 Å². The minimum Gasteiger partial charge on any atom is -0.352 e. The third-order valence-electron chi connectivity index (χ3n) is 5.39. The number of aromatic nitrogens is 4. The predicted molar refractivity (Wildman–Crippen MR) is 108 cm³/mol. The molecule has 3 heterocycles. The Morgan fingerprint density at radius 1 is 1.14 bits per heavy atom. The fraction of sp³-hybridized carbons (Fsp3) is 0.400. The van der Waals surface area contributed by atoms with Gasteiger partial charge in [0.2, 0.25) is 5.91 Å². The largest absolute Gasteiger partial charge is 0.352 e. The van der Waals surface area contributed by atoms with Crippen LogP contribution in [0.15, 0.2) is 30.5 Å². The molecule has 1 saturated carbocycles. The van der Waals surface area contributed by atoms with Gasteiger partial charge in [0.15, 0.2) is 5.65 Å². The number of hydrogen-bond acceptors (Lipinski definition) is 5. The first-order chi connectivity index (χ1) is 13.6. The summed E-state index contributed by atoms with van der Waals surface area (Å²) in [5, 5.41) is 6.11. The van der Waals surface area contributed by atoms with Gasteiger partial charge in [-0.05, 0) is 38.0 Å². The molecule has 0 N–H and O–H groups in total. The minimum absolute atomic E-state index is 0.274. The molecule has 1 saturated heterocycles. The Kier molecular flexibility index (Phi) is 4.19. The number of fused-ring (bicyclic) bond motifs is 1. The van der Waals surface area contributed by atoms with Crippen LogP contribution in [0, 0.1) is 12.8 Å². The Hall–Kier alpha value is -2.67. The lowest BCUT2D eigenvalue weighted by atomic mass is 10.2. The lowest BCUT2D eigenvalue weighted by Gasteiger charge is -2.35. The summed E-state index contributed by atoms with van der Waals surface area (Å²) in [6.07, 6.45) is 3.91. The molecule has 0 atom stereocenters. The van der Waals surface area contributed by atoms with Gasteiger partial charge in [-0.1, -0.05) is 17.7 Å². The zero-order chi connectivity index (χ0) is 19.3. The van der Waals surface area contributed by atoms with E-state index in [0.717, 1.165) is 61.6 Å². The molecule has 8 heteroatoms. The second-order valence-electron chi connectivity index (χ2n) is 7.45. The summed E-state index contributed by atoms with van der Waals surface area (Å²) in [6.45, 7) is 4.91. The van der Waals surface area contributed by atoms with Gasteiger partial charge < -0.3 is 9.80 Å². The van der Waals surface area contributed by atoms with Crippen LogP contribution in [0.3, 0.4) is 0 Å². The Balaban J connectivity index is 1.46. The fourth-order valence-electron chi connectivity index (χ4n) is 3.76. The highest BCUT2D eigenvalue weighted by molar-refractivity contribution is 6.30. The van der Waals surface area contributed by atoms with Crippen molar-refractivity contribution in [2.24, 2.45) is 5.92 Å². The van der Waals surface area contributed by atoms with E-state index < -0.39 is 0 Å². The van der Waals surface area contributed by atoms with Gasteiger partial charge in [0.1, 0.15) is 11.6 Å². The lowest BCUT2D eigenvalue weighted by Crippen LogP contribution is -2.49. The van der Waals surface area contributed by atoms with Gasteiger partial charge in [0, 0.05) is 37.1 Å². The molecule has 1 aliphatic carbocycles. The molecule has 2 fully saturated rings. The van der Waals surface area contributed by atoms with Crippen LogP contribution in [0.5, 0.6) is 0 Å². The monoisotopic (exact) mass is 396 g/mol. The number of halogens is 1. The average molecular weight is 397 g/mol. The van der Waals surface area contributed by atoms with E-state index in [0.29, 0.717) is 16.8 Å². The second-order valence-corrected chi connectivity index (χ2v) is 7.89. The van der Waals surface area contributed by atoms with Crippen molar-refractivity contribution in [2.45, 2.75) is 19.8 Å². The SMILES string of the molecule is Cc1nc(N2CCN(C(=O)C3CC3)CC2)c2cnn(-c3cccc(Cl)c3)c2n1. The van der Waals surface area contributed by atoms with E-state index >= 15 is 0 Å². The van der Waals surface area contributed by atoms with E-state index in [4.69, 9.17) is 16.6 Å². The standard InChI is InChI=1S/C20H21ClN6O/c1-13-23-18(25-7-9-26(10-8-25)20(28)14-5-6-14)17-12-22-27(19(17)24-13)16-4-2-3-15(21)11-16/h2-4,11-12,14H,5-10H2,1H3. The summed E-state index contributed by atoms with van der Waals surface area (Å²) in [6, 6.07) is 7.56. The Labute approximate surface area is 167 Å². The van der Waals surface area contributed by atoms with Crippen LogP contribution in [0.1, 0.15) is 18.7 Å². The van der Waals surface area contributed by atoms with Crippen molar-refractivity contribution in [2.75, 3.05) is 31.1 Å². The van der Waals surface area contributed by atoms with Gasteiger partial charge in [-0.3, -0.25) is 4.79 Å². The van der Waals surface area contributed by atoms with Gasteiger partial charge in [-0.2, -0.15) is 5.10 Å². The van der Waals surface area contributed by atoms with Crippen LogP contribution in [-0.4, -0.2) is 56.7 Å². The summed E-state index contributed by atoms with van der Waals surface area (Å²) < 4.78 is 1.80. The molecule has 1 amide bonds. The van der Waals surface area contributed by atoms with Gasteiger partial charge in [0.05, 0.1) is 17.3 Å². The number of anilines is 1. The number of carbonyl (C=O) groups is 1. The Bertz CT molecular complexity index is 1050. The number of piperazine rings is 1. The first-order valence-electron chi connectivity index (χ1n) is 9.62. The quantitative estimate of drug-likeness (QED) is 0.681. The highest BCUT2D eigenvalue weighted by atomic mass is 35.5. The van der Waals surface area contributed by atoms with E-state index in [1.54, 1.807) is 4.68 Å². The van der Waals surface area contributed by atoms with E-state index in [2.05, 4.69) is 15.0 Å². The van der Waals surface area contributed by atoms with Crippen molar-refractivity contribution in [1.82, 2.24) is 24.6 Å². The summed E-state index contributed by atoms with van der Waals surface area (Å²) in [5.74, 6) is 2.17. The van der Waals surface area contributed by atoms with Crippen LogP contribution >= 0.6 is 11.6 Å². The summed E-state index contributed by atoms with van der Waals surface area (Å²) in [7, 11) is 0. The van der Waals surface area contributed by atoms with Gasteiger partial charge in [0.25, 0.3) is 0 Å². The minimum atomic E-state index is 0.274. The van der Waals surface area contributed by atoms with Gasteiger partial charge in [-0.25, -0.2) is 14.6 Å². The molecule has 3 aromatic rings. The Morgan fingerprint density at radius 2 is 1.93 bits per heavy atom. The van der Waals surface area contributed by atoms with Gasteiger partial charge >= 0.3 is 0 Å². The maximum Gasteiger partial charge on any atom is 0.225 e. The summed E-state index contributed by atoms with van der Waals surface area (Å²) >= 11 is 6.15. The molecule has 5 rings (SSSR count). The first kappa shape index (κ1) is 17.4. The van der Waals surface area contributed by atoms with E-state index in [9.17, 15) is 4.79 Å². The number of carbonyl (C=O) groups excluding carboxylic acids is 1. The lowest BCUT2D eigenvalue weighted by molar-refractivity contribution is -0.132. The highest BCUT2D eigenvalue weighted by Gasteiger charge is 2.35. The molecule has 2 aromatic heterocycles. The molecule has 144 valence electrons. The van der Waals surface area contributed by atoms with Crippen molar-refractivity contribution in [3.63, 3.8) is 0 Å².